The minimum Gasteiger partial charge on any atom is -0.340 e. The number of likely N-dealkylation sites (tertiary alicyclic amines) is 1. The fraction of sp³-hybridized carbons (Fsp3) is 0.400. The van der Waals surface area contributed by atoms with Crippen LogP contribution in [0.3, 0.4) is 0 Å². The van der Waals surface area contributed by atoms with E-state index in [1.54, 1.807) is 67.2 Å². The van der Waals surface area contributed by atoms with Crippen molar-refractivity contribution in [2.75, 3.05) is 27.2 Å². The van der Waals surface area contributed by atoms with E-state index in [0.717, 1.165) is 5.56 Å². The number of carbonyl (C=O) groups excluding carboxylic acids is 3. The van der Waals surface area contributed by atoms with E-state index in [9.17, 15) is 14.4 Å². The van der Waals surface area contributed by atoms with Crippen LogP contribution in [0.25, 0.3) is 0 Å². The van der Waals surface area contributed by atoms with Gasteiger partial charge in [0, 0.05) is 56.7 Å². The molecule has 182 valence electrons. The largest absolute Gasteiger partial charge is 0.340 e. The number of rotatable bonds is 5. The maximum absolute atomic E-state index is 13.3. The predicted molar refractivity (Wildman–Crippen MR) is 136 cm³/mol. The third-order valence-corrected chi connectivity index (χ3v) is 7.59. The van der Waals surface area contributed by atoms with Gasteiger partial charge in [-0.25, -0.2) is 0 Å². The van der Waals surface area contributed by atoms with Crippen LogP contribution in [0.15, 0.2) is 42.5 Å². The Morgan fingerprint density at radius 2 is 1.65 bits per heavy atom. The summed E-state index contributed by atoms with van der Waals surface area (Å²) in [7, 11) is 3.39. The number of piperidine rings is 1. The molecule has 1 aliphatic heterocycles. The molecule has 3 atom stereocenters. The van der Waals surface area contributed by atoms with E-state index in [4.69, 9.17) is 34.8 Å². The van der Waals surface area contributed by atoms with Gasteiger partial charge in [0.2, 0.25) is 11.8 Å². The van der Waals surface area contributed by atoms with Gasteiger partial charge in [0.1, 0.15) is 6.04 Å². The first-order valence-electron chi connectivity index (χ1n) is 11.0. The van der Waals surface area contributed by atoms with Gasteiger partial charge >= 0.3 is 0 Å². The molecule has 3 amide bonds. The third kappa shape index (κ3) is 5.68. The molecule has 0 radical (unpaired) electrons. The summed E-state index contributed by atoms with van der Waals surface area (Å²) in [5.41, 5.74) is 1.43. The summed E-state index contributed by atoms with van der Waals surface area (Å²) in [5.74, 6) is -0.627. The highest BCUT2D eigenvalue weighted by atomic mass is 35.5. The molecule has 0 bridgehead atoms. The molecule has 2 aromatic carbocycles. The molecule has 1 fully saturated rings. The molecule has 1 saturated heterocycles. The Kier molecular flexibility index (Phi) is 8.50. The topological polar surface area (TPSA) is 60.9 Å². The fourth-order valence-electron chi connectivity index (χ4n) is 4.32. The van der Waals surface area contributed by atoms with Crippen molar-refractivity contribution < 1.29 is 14.4 Å². The molecule has 0 saturated carbocycles. The summed E-state index contributed by atoms with van der Waals surface area (Å²) in [6.45, 7) is 4.01. The van der Waals surface area contributed by atoms with Gasteiger partial charge in [0.15, 0.2) is 0 Å². The molecule has 3 rings (SSSR count). The molecule has 2 aromatic rings. The average Bonchev–Trinajstić information content (AvgIpc) is 2.83. The standard InChI is InChI=1S/C25H28Cl3N3O3/c1-15(29(3)16(2)32)24(33)31-12-11-23(20(14-31)18-7-10-21(27)22(28)13-18)30(4)25(34)17-5-8-19(26)9-6-17/h5-10,13,15,20,23H,11-12,14H2,1-4H3/t15-,20-,23+/m0/s1. The smallest absolute Gasteiger partial charge is 0.253 e. The molecule has 9 heteroatoms. The first kappa shape index (κ1) is 26.3. The van der Waals surface area contributed by atoms with Crippen molar-refractivity contribution in [2.45, 2.75) is 38.3 Å². The maximum Gasteiger partial charge on any atom is 0.253 e. The van der Waals surface area contributed by atoms with Gasteiger partial charge in [-0.1, -0.05) is 40.9 Å². The van der Waals surface area contributed by atoms with Crippen molar-refractivity contribution >= 4 is 52.5 Å². The Balaban J connectivity index is 1.90. The SMILES string of the molecule is CC(=O)N(C)[C@@H](C)C(=O)N1CC[C@@H](N(C)C(=O)c2ccc(Cl)cc2)[C@H](c2ccc(Cl)c(Cl)c2)C1. The third-order valence-electron chi connectivity index (χ3n) is 6.60. The molecule has 6 nitrogen and oxygen atoms in total. The minimum absolute atomic E-state index is 0.129. The number of benzene rings is 2. The molecule has 34 heavy (non-hydrogen) atoms. The second kappa shape index (κ2) is 11.0. The van der Waals surface area contributed by atoms with Crippen molar-refractivity contribution in [1.82, 2.24) is 14.7 Å². The van der Waals surface area contributed by atoms with Crippen LogP contribution in [0.1, 0.15) is 42.1 Å². The van der Waals surface area contributed by atoms with Crippen LogP contribution in [0, 0.1) is 0 Å². The monoisotopic (exact) mass is 523 g/mol. The van der Waals surface area contributed by atoms with E-state index < -0.39 is 6.04 Å². The number of halogens is 3. The van der Waals surface area contributed by atoms with Crippen LogP contribution in [0.4, 0.5) is 0 Å². The van der Waals surface area contributed by atoms with Crippen molar-refractivity contribution in [3.63, 3.8) is 0 Å². The van der Waals surface area contributed by atoms with E-state index >= 15 is 0 Å². The Morgan fingerprint density at radius 3 is 2.24 bits per heavy atom. The van der Waals surface area contributed by atoms with Gasteiger partial charge in [0.05, 0.1) is 10.0 Å². The number of hydrogen-bond donors (Lipinski definition) is 0. The number of likely N-dealkylation sites (N-methyl/N-ethyl adjacent to an activating group) is 2. The average molecular weight is 525 g/mol. The highest BCUT2D eigenvalue weighted by molar-refractivity contribution is 6.42. The summed E-state index contributed by atoms with van der Waals surface area (Å²) < 4.78 is 0. The predicted octanol–water partition coefficient (Wildman–Crippen LogP) is 4.97. The number of carbonyl (C=O) groups is 3. The first-order valence-corrected chi connectivity index (χ1v) is 12.1. The van der Waals surface area contributed by atoms with Crippen LogP contribution in [0.2, 0.25) is 15.1 Å². The lowest BCUT2D eigenvalue weighted by Gasteiger charge is -2.44. The highest BCUT2D eigenvalue weighted by Crippen LogP contribution is 2.35. The minimum atomic E-state index is -0.586. The molecule has 1 aliphatic rings. The van der Waals surface area contributed by atoms with Crippen molar-refractivity contribution in [1.29, 1.82) is 0 Å². The summed E-state index contributed by atoms with van der Waals surface area (Å²) in [4.78, 5) is 43.1. The van der Waals surface area contributed by atoms with Crippen LogP contribution in [0.5, 0.6) is 0 Å². The second-order valence-electron chi connectivity index (χ2n) is 8.65. The van der Waals surface area contributed by atoms with Gasteiger partial charge in [-0.2, -0.15) is 0 Å². The summed E-state index contributed by atoms with van der Waals surface area (Å²) >= 11 is 18.4. The number of amides is 3. The zero-order chi connectivity index (χ0) is 25.2. The van der Waals surface area contributed by atoms with Crippen LogP contribution < -0.4 is 0 Å². The van der Waals surface area contributed by atoms with Gasteiger partial charge in [-0.15, -0.1) is 0 Å². The molecular weight excluding hydrogens is 497 g/mol. The Bertz CT molecular complexity index is 1080. The lowest BCUT2D eigenvalue weighted by Crippen LogP contribution is -2.55. The van der Waals surface area contributed by atoms with Gasteiger partial charge in [0.25, 0.3) is 5.91 Å². The lowest BCUT2D eigenvalue weighted by atomic mass is 9.84. The highest BCUT2D eigenvalue weighted by Gasteiger charge is 2.38. The molecular formula is C25H28Cl3N3O3. The normalized spacial score (nSPS) is 18.9. The zero-order valence-electron chi connectivity index (χ0n) is 19.6. The van der Waals surface area contributed by atoms with E-state index in [0.29, 0.717) is 40.1 Å². The van der Waals surface area contributed by atoms with E-state index in [1.807, 2.05) is 6.07 Å². The van der Waals surface area contributed by atoms with Crippen molar-refractivity contribution in [2.24, 2.45) is 0 Å². The van der Waals surface area contributed by atoms with Crippen LogP contribution in [-0.2, 0) is 9.59 Å². The molecule has 0 spiro atoms. The van der Waals surface area contributed by atoms with E-state index in [1.165, 1.54) is 11.8 Å². The Labute approximate surface area is 215 Å². The van der Waals surface area contributed by atoms with Gasteiger partial charge in [-0.3, -0.25) is 14.4 Å². The van der Waals surface area contributed by atoms with Crippen LogP contribution >= 0.6 is 34.8 Å². The molecule has 0 aliphatic carbocycles. The number of hydrogen-bond acceptors (Lipinski definition) is 3. The zero-order valence-corrected chi connectivity index (χ0v) is 21.9. The number of nitrogens with zero attached hydrogens (tertiary/aromatic N) is 3. The van der Waals surface area contributed by atoms with Crippen molar-refractivity contribution in [3.05, 3.63) is 68.7 Å². The fourth-order valence-corrected chi connectivity index (χ4v) is 4.76. The van der Waals surface area contributed by atoms with Gasteiger partial charge in [-0.05, 0) is 55.3 Å². The van der Waals surface area contributed by atoms with E-state index in [-0.39, 0.29) is 29.7 Å². The lowest BCUT2D eigenvalue weighted by molar-refractivity contribution is -0.144. The molecule has 1 heterocycles. The van der Waals surface area contributed by atoms with Crippen LogP contribution in [-0.4, -0.2) is 71.7 Å². The second-order valence-corrected chi connectivity index (χ2v) is 9.90. The van der Waals surface area contributed by atoms with Gasteiger partial charge < -0.3 is 14.7 Å². The Hall–Kier alpha value is -2.28. The summed E-state index contributed by atoms with van der Waals surface area (Å²) in [5, 5.41) is 1.41. The molecule has 0 N–H and O–H groups in total. The Morgan fingerprint density at radius 1 is 1.00 bits per heavy atom. The van der Waals surface area contributed by atoms with E-state index in [2.05, 4.69) is 0 Å². The maximum atomic E-state index is 13.3. The first-order chi connectivity index (χ1) is 16.0. The summed E-state index contributed by atoms with van der Waals surface area (Å²) in [6, 6.07) is 11.4. The van der Waals surface area contributed by atoms with Crippen molar-refractivity contribution in [3.8, 4) is 0 Å². The summed E-state index contributed by atoms with van der Waals surface area (Å²) in [6.07, 6.45) is 0.572. The molecule has 0 aromatic heterocycles. The molecule has 0 unspecified atom stereocenters. The quantitative estimate of drug-likeness (QED) is 0.555.